The van der Waals surface area contributed by atoms with Crippen LogP contribution < -0.4 is 10.5 Å². The molecule has 0 aliphatic rings. The van der Waals surface area contributed by atoms with Crippen LogP contribution in [0.3, 0.4) is 0 Å². The van der Waals surface area contributed by atoms with Crippen molar-refractivity contribution in [2.24, 2.45) is 5.73 Å². The second-order valence-corrected chi connectivity index (χ2v) is 6.33. The fourth-order valence-electron chi connectivity index (χ4n) is 2.81. The van der Waals surface area contributed by atoms with Crippen molar-refractivity contribution in [1.82, 2.24) is 0 Å². The summed E-state index contributed by atoms with van der Waals surface area (Å²) in [5.74, 6) is 0.438. The molecule has 27 heavy (non-hydrogen) atoms. The van der Waals surface area contributed by atoms with E-state index in [1.807, 2.05) is 78.9 Å². The van der Waals surface area contributed by atoms with Crippen LogP contribution in [0.4, 0.5) is 0 Å². The molecule has 0 saturated heterocycles. The number of hydrogen-bond donors (Lipinski definition) is 1. The molecule has 0 bridgehead atoms. The maximum absolute atomic E-state index is 11.4. The third kappa shape index (κ3) is 5.19. The van der Waals surface area contributed by atoms with Crippen molar-refractivity contribution in [2.75, 3.05) is 7.11 Å². The van der Waals surface area contributed by atoms with Crippen molar-refractivity contribution in [1.29, 1.82) is 0 Å². The van der Waals surface area contributed by atoms with Crippen molar-refractivity contribution in [3.8, 4) is 16.9 Å². The van der Waals surface area contributed by atoms with Crippen molar-refractivity contribution in [2.45, 2.75) is 19.1 Å². The Balaban J connectivity index is 1.60. The van der Waals surface area contributed by atoms with E-state index in [4.69, 9.17) is 10.5 Å². The van der Waals surface area contributed by atoms with Crippen LogP contribution >= 0.6 is 0 Å². The minimum absolute atomic E-state index is 0.398. The van der Waals surface area contributed by atoms with Crippen molar-refractivity contribution >= 4 is 5.97 Å². The molecule has 4 heteroatoms. The van der Waals surface area contributed by atoms with Gasteiger partial charge in [0.15, 0.2) is 0 Å². The first-order valence-corrected chi connectivity index (χ1v) is 8.85. The summed E-state index contributed by atoms with van der Waals surface area (Å²) >= 11 is 0. The maximum Gasteiger partial charge on any atom is 0.322 e. The highest BCUT2D eigenvalue weighted by atomic mass is 16.5. The molecular weight excluding hydrogens is 338 g/mol. The molecule has 0 amide bonds. The average molecular weight is 361 g/mol. The van der Waals surface area contributed by atoms with Gasteiger partial charge in [-0.3, -0.25) is 4.79 Å². The molecule has 3 aromatic carbocycles. The molecule has 3 aromatic rings. The van der Waals surface area contributed by atoms with Gasteiger partial charge in [-0.25, -0.2) is 0 Å². The molecule has 1 atom stereocenters. The minimum atomic E-state index is -0.637. The molecule has 0 saturated carbocycles. The SMILES string of the molecule is COC(=O)C(N)Cc1ccc(-c2ccc(OCc3ccccc3)cc2)cc1. The standard InChI is InChI=1S/C23H23NO3/c1-26-23(25)22(24)15-17-7-9-19(10-8-17)20-11-13-21(14-12-20)27-16-18-5-3-2-4-6-18/h2-14,22H,15-16,24H2,1H3. The monoisotopic (exact) mass is 361 g/mol. The number of methoxy groups -OCH3 is 1. The first-order chi connectivity index (χ1) is 13.2. The first kappa shape index (κ1) is 18.7. The molecule has 138 valence electrons. The molecule has 0 heterocycles. The maximum atomic E-state index is 11.4. The van der Waals surface area contributed by atoms with E-state index in [2.05, 4.69) is 4.74 Å². The zero-order valence-corrected chi connectivity index (χ0v) is 15.3. The largest absolute Gasteiger partial charge is 0.489 e. The summed E-state index contributed by atoms with van der Waals surface area (Å²) in [6.07, 6.45) is 0.458. The van der Waals surface area contributed by atoms with Gasteiger partial charge < -0.3 is 15.2 Å². The van der Waals surface area contributed by atoms with Crippen LogP contribution in [-0.2, 0) is 22.6 Å². The topological polar surface area (TPSA) is 61.5 Å². The molecule has 0 aromatic heterocycles. The lowest BCUT2D eigenvalue weighted by Gasteiger charge is -2.10. The van der Waals surface area contributed by atoms with Gasteiger partial charge in [-0.1, -0.05) is 66.7 Å². The van der Waals surface area contributed by atoms with Crippen LogP contribution in [0.5, 0.6) is 5.75 Å². The van der Waals surface area contributed by atoms with Crippen LogP contribution in [0, 0.1) is 0 Å². The molecule has 0 radical (unpaired) electrons. The lowest BCUT2D eigenvalue weighted by atomic mass is 10.0. The first-order valence-electron chi connectivity index (χ1n) is 8.85. The van der Waals surface area contributed by atoms with Crippen LogP contribution in [0.1, 0.15) is 11.1 Å². The molecule has 0 spiro atoms. The van der Waals surface area contributed by atoms with E-state index in [1.165, 1.54) is 7.11 Å². The summed E-state index contributed by atoms with van der Waals surface area (Å²) in [7, 11) is 1.35. The lowest BCUT2D eigenvalue weighted by molar-refractivity contribution is -0.142. The fraction of sp³-hybridized carbons (Fsp3) is 0.174. The van der Waals surface area contributed by atoms with Gasteiger partial charge in [0.05, 0.1) is 7.11 Å². The summed E-state index contributed by atoms with van der Waals surface area (Å²) in [6.45, 7) is 0.551. The van der Waals surface area contributed by atoms with E-state index in [0.29, 0.717) is 13.0 Å². The molecule has 0 fully saturated rings. The molecule has 0 aliphatic heterocycles. The molecule has 0 aliphatic carbocycles. The predicted molar refractivity (Wildman–Crippen MR) is 106 cm³/mol. The van der Waals surface area contributed by atoms with E-state index in [0.717, 1.165) is 28.0 Å². The van der Waals surface area contributed by atoms with Gasteiger partial charge in [0.25, 0.3) is 0 Å². The second kappa shape index (κ2) is 9.01. The summed E-state index contributed by atoms with van der Waals surface area (Å²) < 4.78 is 10.5. The van der Waals surface area contributed by atoms with Crippen LogP contribution in [0.25, 0.3) is 11.1 Å². The predicted octanol–water partition coefficient (Wildman–Crippen LogP) is 3.98. The highest BCUT2D eigenvalue weighted by molar-refractivity contribution is 5.75. The van der Waals surface area contributed by atoms with Gasteiger partial charge in [0.2, 0.25) is 0 Å². The van der Waals surface area contributed by atoms with Gasteiger partial charge in [-0.15, -0.1) is 0 Å². The Kier molecular flexibility index (Phi) is 6.23. The van der Waals surface area contributed by atoms with Crippen molar-refractivity contribution in [3.63, 3.8) is 0 Å². The number of esters is 1. The summed E-state index contributed by atoms with van der Waals surface area (Å²) in [5.41, 5.74) is 10.1. The van der Waals surface area contributed by atoms with Gasteiger partial charge in [0.1, 0.15) is 18.4 Å². The number of nitrogens with two attached hydrogens (primary N) is 1. The number of carbonyl (C=O) groups is 1. The summed E-state index contributed by atoms with van der Waals surface area (Å²) in [6, 6.07) is 25.5. The second-order valence-electron chi connectivity index (χ2n) is 6.33. The molecule has 1 unspecified atom stereocenters. The van der Waals surface area contributed by atoms with E-state index in [1.54, 1.807) is 0 Å². The van der Waals surface area contributed by atoms with Gasteiger partial charge >= 0.3 is 5.97 Å². The number of benzene rings is 3. The van der Waals surface area contributed by atoms with Crippen LogP contribution in [-0.4, -0.2) is 19.1 Å². The van der Waals surface area contributed by atoms with Gasteiger partial charge in [-0.05, 0) is 40.8 Å². The summed E-state index contributed by atoms with van der Waals surface area (Å²) in [4.78, 5) is 11.4. The lowest BCUT2D eigenvalue weighted by Crippen LogP contribution is -2.33. The Morgan fingerprint density at radius 3 is 2.04 bits per heavy atom. The van der Waals surface area contributed by atoms with Gasteiger partial charge in [0, 0.05) is 0 Å². The Morgan fingerprint density at radius 2 is 1.44 bits per heavy atom. The van der Waals surface area contributed by atoms with Crippen molar-refractivity contribution in [3.05, 3.63) is 90.0 Å². The zero-order valence-electron chi connectivity index (χ0n) is 15.3. The van der Waals surface area contributed by atoms with E-state index < -0.39 is 12.0 Å². The highest BCUT2D eigenvalue weighted by Crippen LogP contribution is 2.23. The zero-order chi connectivity index (χ0) is 19.1. The smallest absolute Gasteiger partial charge is 0.322 e. The van der Waals surface area contributed by atoms with Crippen molar-refractivity contribution < 1.29 is 14.3 Å². The third-order valence-corrected chi connectivity index (χ3v) is 4.35. The van der Waals surface area contributed by atoms with E-state index >= 15 is 0 Å². The number of rotatable bonds is 7. The van der Waals surface area contributed by atoms with Gasteiger partial charge in [-0.2, -0.15) is 0 Å². The van der Waals surface area contributed by atoms with Crippen LogP contribution in [0.2, 0.25) is 0 Å². The third-order valence-electron chi connectivity index (χ3n) is 4.35. The normalized spacial score (nSPS) is 11.6. The molecule has 3 rings (SSSR count). The fourth-order valence-corrected chi connectivity index (χ4v) is 2.81. The Hall–Kier alpha value is -3.11. The number of ether oxygens (including phenoxy) is 2. The Labute approximate surface area is 159 Å². The number of hydrogen-bond acceptors (Lipinski definition) is 4. The Bertz CT molecular complexity index is 858. The molecular formula is C23H23NO3. The number of carbonyl (C=O) groups excluding carboxylic acids is 1. The Morgan fingerprint density at radius 1 is 0.852 bits per heavy atom. The van der Waals surface area contributed by atoms with Crippen LogP contribution in [0.15, 0.2) is 78.9 Å². The summed E-state index contributed by atoms with van der Waals surface area (Å²) in [5, 5.41) is 0. The molecule has 4 nitrogen and oxygen atoms in total. The average Bonchev–Trinajstić information content (AvgIpc) is 2.73. The molecule has 2 N–H and O–H groups in total. The minimum Gasteiger partial charge on any atom is -0.489 e. The quantitative estimate of drug-likeness (QED) is 0.647. The highest BCUT2D eigenvalue weighted by Gasteiger charge is 2.14. The van der Waals surface area contributed by atoms with E-state index in [-0.39, 0.29) is 0 Å². The van der Waals surface area contributed by atoms with E-state index in [9.17, 15) is 4.79 Å².